The number of thiophene rings is 1. The van der Waals surface area contributed by atoms with Crippen molar-refractivity contribution in [2.45, 2.75) is 32.2 Å². The van der Waals surface area contributed by atoms with Crippen molar-refractivity contribution in [1.29, 1.82) is 0 Å². The van der Waals surface area contributed by atoms with Crippen molar-refractivity contribution in [2.24, 2.45) is 0 Å². The van der Waals surface area contributed by atoms with Crippen LogP contribution in [-0.4, -0.2) is 35.4 Å². The number of nitrogens with one attached hydrogen (secondary N) is 1. The summed E-state index contributed by atoms with van der Waals surface area (Å²) < 4.78 is 23.4. The van der Waals surface area contributed by atoms with Crippen molar-refractivity contribution in [1.82, 2.24) is 9.97 Å². The Kier molecular flexibility index (Phi) is 3.62. The van der Waals surface area contributed by atoms with Crippen molar-refractivity contribution in [3.63, 3.8) is 0 Å². The molecule has 1 atom stereocenters. The van der Waals surface area contributed by atoms with Gasteiger partial charge in [0.05, 0.1) is 22.4 Å². The van der Waals surface area contributed by atoms with E-state index in [1.54, 1.807) is 11.3 Å². The summed E-state index contributed by atoms with van der Waals surface area (Å²) in [5, 5.41) is 4.37. The monoisotopic (exact) mass is 345 g/mol. The van der Waals surface area contributed by atoms with Crippen LogP contribution in [0.25, 0.3) is 10.2 Å². The zero-order valence-corrected chi connectivity index (χ0v) is 14.2. The van der Waals surface area contributed by atoms with Crippen molar-refractivity contribution in [3.8, 4) is 0 Å². The van der Waals surface area contributed by atoms with Gasteiger partial charge in [0.2, 0.25) is 5.28 Å². The maximum absolute atomic E-state index is 11.7. The van der Waals surface area contributed by atoms with Gasteiger partial charge in [0.1, 0.15) is 10.6 Å². The predicted octanol–water partition coefficient (Wildman–Crippen LogP) is 2.90. The molecule has 8 heteroatoms. The number of anilines is 1. The van der Waals surface area contributed by atoms with Crippen LogP contribution in [-0.2, 0) is 16.3 Å². The normalized spacial score (nSPS) is 24.5. The van der Waals surface area contributed by atoms with Crippen LogP contribution in [0.15, 0.2) is 6.07 Å². The van der Waals surface area contributed by atoms with Crippen LogP contribution in [0.2, 0.25) is 5.28 Å². The summed E-state index contributed by atoms with van der Waals surface area (Å²) in [5.74, 6) is 0.955. The zero-order valence-electron chi connectivity index (χ0n) is 11.8. The quantitative estimate of drug-likeness (QED) is 0.866. The van der Waals surface area contributed by atoms with E-state index in [2.05, 4.69) is 22.2 Å². The molecule has 114 valence electrons. The number of fused-ring (bicyclic) bond motifs is 1. The number of halogens is 1. The Labute approximate surface area is 132 Å². The SMILES string of the molecule is CCc1cc2c(NC3(C)CCS(=O)(=O)C3)nc(Cl)nc2s1. The lowest BCUT2D eigenvalue weighted by Gasteiger charge is -2.24. The molecule has 0 amide bonds. The van der Waals surface area contributed by atoms with Gasteiger partial charge >= 0.3 is 0 Å². The molecular formula is C13H16ClN3O2S2. The minimum Gasteiger partial charge on any atom is -0.363 e. The van der Waals surface area contributed by atoms with Gasteiger partial charge in [-0.1, -0.05) is 6.92 Å². The van der Waals surface area contributed by atoms with Crippen LogP contribution in [0.3, 0.4) is 0 Å². The molecule has 1 saturated heterocycles. The lowest BCUT2D eigenvalue weighted by molar-refractivity contribution is 0.572. The average molecular weight is 346 g/mol. The van der Waals surface area contributed by atoms with Crippen LogP contribution in [0.4, 0.5) is 5.82 Å². The molecule has 1 fully saturated rings. The third-order valence-electron chi connectivity index (χ3n) is 3.69. The highest BCUT2D eigenvalue weighted by Gasteiger charge is 2.39. The van der Waals surface area contributed by atoms with E-state index < -0.39 is 15.4 Å². The molecule has 1 aliphatic rings. The summed E-state index contributed by atoms with van der Waals surface area (Å²) >= 11 is 7.58. The Balaban J connectivity index is 2.02. The lowest BCUT2D eigenvalue weighted by Crippen LogP contribution is -2.36. The van der Waals surface area contributed by atoms with Gasteiger partial charge in [-0.05, 0) is 37.4 Å². The molecule has 2 aromatic rings. The minimum atomic E-state index is -2.97. The summed E-state index contributed by atoms with van der Waals surface area (Å²) in [7, 11) is -2.97. The highest BCUT2D eigenvalue weighted by Crippen LogP contribution is 2.34. The first-order valence-corrected chi connectivity index (χ1v) is 9.76. The standard InChI is InChI=1S/C13H16ClN3O2S2/c1-3-8-6-9-10(15-12(14)16-11(9)20-8)17-13(2)4-5-21(18,19)7-13/h6H,3-5,7H2,1-2H3,(H,15,16,17). The number of hydrogen-bond acceptors (Lipinski definition) is 6. The van der Waals surface area contributed by atoms with E-state index in [1.807, 2.05) is 13.0 Å². The van der Waals surface area contributed by atoms with Gasteiger partial charge in [0.15, 0.2) is 9.84 Å². The molecule has 3 rings (SSSR count). The van der Waals surface area contributed by atoms with Gasteiger partial charge in [-0.2, -0.15) is 0 Å². The van der Waals surface area contributed by atoms with E-state index >= 15 is 0 Å². The van der Waals surface area contributed by atoms with Crippen molar-refractivity contribution >= 4 is 48.8 Å². The Morgan fingerprint density at radius 3 is 2.86 bits per heavy atom. The Bertz CT molecular complexity index is 803. The topological polar surface area (TPSA) is 72.0 Å². The van der Waals surface area contributed by atoms with Gasteiger partial charge in [0.25, 0.3) is 0 Å². The van der Waals surface area contributed by atoms with Gasteiger partial charge in [-0.3, -0.25) is 0 Å². The molecule has 1 aliphatic heterocycles. The van der Waals surface area contributed by atoms with E-state index in [4.69, 9.17) is 11.6 Å². The fourth-order valence-corrected chi connectivity index (χ4v) is 5.89. The van der Waals surface area contributed by atoms with E-state index in [-0.39, 0.29) is 16.8 Å². The third-order valence-corrected chi connectivity index (χ3v) is 6.93. The summed E-state index contributed by atoms with van der Waals surface area (Å²) in [6.45, 7) is 3.99. The second-order valence-electron chi connectivity index (χ2n) is 5.65. The number of hydrogen-bond donors (Lipinski definition) is 1. The molecule has 21 heavy (non-hydrogen) atoms. The molecule has 0 radical (unpaired) electrons. The third kappa shape index (κ3) is 3.00. The second-order valence-corrected chi connectivity index (χ2v) is 9.29. The largest absolute Gasteiger partial charge is 0.363 e. The molecule has 1 N–H and O–H groups in total. The van der Waals surface area contributed by atoms with Crippen LogP contribution < -0.4 is 5.32 Å². The number of sulfone groups is 1. The Hall–Kier alpha value is -0.920. The Morgan fingerprint density at radius 2 is 2.24 bits per heavy atom. The van der Waals surface area contributed by atoms with Crippen molar-refractivity contribution in [3.05, 3.63) is 16.2 Å². The van der Waals surface area contributed by atoms with Crippen LogP contribution >= 0.6 is 22.9 Å². The van der Waals surface area contributed by atoms with Crippen LogP contribution in [0, 0.1) is 0 Å². The van der Waals surface area contributed by atoms with Gasteiger partial charge in [0, 0.05) is 4.88 Å². The fraction of sp³-hybridized carbons (Fsp3) is 0.538. The highest BCUT2D eigenvalue weighted by atomic mass is 35.5. The molecule has 0 aromatic carbocycles. The molecule has 5 nitrogen and oxygen atoms in total. The maximum atomic E-state index is 11.7. The minimum absolute atomic E-state index is 0.119. The molecule has 0 aliphatic carbocycles. The fourth-order valence-electron chi connectivity index (χ4n) is 2.61. The second kappa shape index (κ2) is 5.07. The highest BCUT2D eigenvalue weighted by molar-refractivity contribution is 7.91. The summed E-state index contributed by atoms with van der Waals surface area (Å²) in [4.78, 5) is 10.5. The van der Waals surface area contributed by atoms with Crippen molar-refractivity contribution in [2.75, 3.05) is 16.8 Å². The molecule has 1 unspecified atom stereocenters. The molecule has 0 bridgehead atoms. The van der Waals surface area contributed by atoms with E-state index in [1.165, 1.54) is 4.88 Å². The van der Waals surface area contributed by atoms with Crippen molar-refractivity contribution < 1.29 is 8.42 Å². The molecule has 3 heterocycles. The Morgan fingerprint density at radius 1 is 1.48 bits per heavy atom. The number of aromatic nitrogens is 2. The summed E-state index contributed by atoms with van der Waals surface area (Å²) in [5.41, 5.74) is -0.502. The van der Waals surface area contributed by atoms with E-state index in [0.717, 1.165) is 16.6 Å². The van der Waals surface area contributed by atoms with Gasteiger partial charge < -0.3 is 5.32 Å². The number of aryl methyl sites for hydroxylation is 1. The lowest BCUT2D eigenvalue weighted by atomic mass is 10.0. The van der Waals surface area contributed by atoms with Crippen LogP contribution in [0.5, 0.6) is 0 Å². The molecule has 0 spiro atoms. The summed E-state index contributed by atoms with van der Waals surface area (Å²) in [6.07, 6.45) is 1.49. The first-order valence-electron chi connectivity index (χ1n) is 6.75. The first-order chi connectivity index (χ1) is 9.80. The maximum Gasteiger partial charge on any atom is 0.225 e. The molecular weight excluding hydrogens is 330 g/mol. The van der Waals surface area contributed by atoms with E-state index in [9.17, 15) is 8.42 Å². The molecule has 0 saturated carbocycles. The smallest absolute Gasteiger partial charge is 0.225 e. The average Bonchev–Trinajstić information content (AvgIpc) is 2.90. The molecule has 2 aromatic heterocycles. The number of rotatable bonds is 3. The van der Waals surface area contributed by atoms with Gasteiger partial charge in [-0.25, -0.2) is 18.4 Å². The van der Waals surface area contributed by atoms with E-state index in [0.29, 0.717) is 12.2 Å². The zero-order chi connectivity index (χ0) is 15.3. The first kappa shape index (κ1) is 15.0. The number of nitrogens with zero attached hydrogens (tertiary/aromatic N) is 2. The van der Waals surface area contributed by atoms with Gasteiger partial charge in [-0.15, -0.1) is 11.3 Å². The summed E-state index contributed by atoms with van der Waals surface area (Å²) in [6, 6.07) is 2.05. The van der Waals surface area contributed by atoms with Crippen LogP contribution in [0.1, 0.15) is 25.1 Å². The predicted molar refractivity (Wildman–Crippen MR) is 87.1 cm³/mol.